The van der Waals surface area contributed by atoms with Crippen molar-refractivity contribution in [2.24, 2.45) is 0 Å². The predicted molar refractivity (Wildman–Crippen MR) is 97.1 cm³/mol. The number of carbonyl (C=O) groups excluding carboxylic acids is 1. The normalized spacial score (nSPS) is 13.8. The molecule has 0 radical (unpaired) electrons. The van der Waals surface area contributed by atoms with Crippen LogP contribution >= 0.6 is 11.3 Å². The van der Waals surface area contributed by atoms with Gasteiger partial charge < -0.3 is 4.57 Å². The summed E-state index contributed by atoms with van der Waals surface area (Å²) in [6, 6.07) is 9.93. The molecule has 7 nitrogen and oxygen atoms in total. The number of carbonyl (C=O) groups is 1. The minimum absolute atomic E-state index is 0.231. The summed E-state index contributed by atoms with van der Waals surface area (Å²) in [5.74, 6) is 0.659. The minimum atomic E-state index is -0.272. The average molecular weight is 354 g/mol. The molecule has 3 heterocycles. The van der Waals surface area contributed by atoms with Gasteiger partial charge in [0.1, 0.15) is 5.01 Å². The Morgan fingerprint density at radius 2 is 2.00 bits per heavy atom. The molecule has 0 saturated carbocycles. The molecule has 4 rings (SSSR count). The minimum Gasteiger partial charge on any atom is -0.315 e. The van der Waals surface area contributed by atoms with Crippen LogP contribution in [0, 0.1) is 0 Å². The Morgan fingerprint density at radius 1 is 1.20 bits per heavy atom. The van der Waals surface area contributed by atoms with E-state index in [1.807, 2.05) is 29.0 Å². The predicted octanol–water partition coefficient (Wildman–Crippen LogP) is 3.11. The number of nitrogens with zero attached hydrogens (tertiary/aromatic N) is 5. The van der Waals surface area contributed by atoms with Crippen molar-refractivity contribution in [3.05, 3.63) is 53.3 Å². The standard InChI is InChI=1S/C17H18N6OS/c1-17(2,12-6-4-3-5-7-12)13-20-21-14(25-13)19-16(24)23-11-10-22-9-8-18-15(22)23/h3-9H,10-11H2,1-2H3,(H,19,21,24). The van der Waals surface area contributed by atoms with E-state index in [1.54, 1.807) is 11.1 Å². The second-order valence-corrected chi connectivity index (χ2v) is 7.38. The number of nitrogens with one attached hydrogen (secondary N) is 1. The monoisotopic (exact) mass is 354 g/mol. The first-order valence-electron chi connectivity index (χ1n) is 8.05. The van der Waals surface area contributed by atoms with Crippen molar-refractivity contribution in [2.45, 2.75) is 25.8 Å². The van der Waals surface area contributed by atoms with Crippen molar-refractivity contribution in [1.29, 1.82) is 0 Å². The van der Waals surface area contributed by atoms with Gasteiger partial charge in [0.25, 0.3) is 0 Å². The smallest absolute Gasteiger partial charge is 0.315 e. The van der Waals surface area contributed by atoms with Crippen molar-refractivity contribution in [1.82, 2.24) is 19.7 Å². The van der Waals surface area contributed by atoms with Gasteiger partial charge in [-0.3, -0.25) is 10.2 Å². The molecule has 0 saturated heterocycles. The van der Waals surface area contributed by atoms with Crippen molar-refractivity contribution in [2.75, 3.05) is 16.8 Å². The molecule has 1 aliphatic heterocycles. The highest BCUT2D eigenvalue weighted by Gasteiger charge is 2.29. The number of urea groups is 1. The lowest BCUT2D eigenvalue weighted by molar-refractivity contribution is 0.257. The molecule has 1 N–H and O–H groups in total. The molecule has 128 valence electrons. The van der Waals surface area contributed by atoms with Crippen molar-refractivity contribution >= 4 is 28.4 Å². The molecule has 0 atom stereocenters. The topological polar surface area (TPSA) is 75.9 Å². The van der Waals surface area contributed by atoms with Crippen molar-refractivity contribution < 1.29 is 4.79 Å². The van der Waals surface area contributed by atoms with E-state index in [4.69, 9.17) is 0 Å². The third-order valence-electron chi connectivity index (χ3n) is 4.41. The van der Waals surface area contributed by atoms with Gasteiger partial charge in [-0.2, -0.15) is 0 Å². The maximum absolute atomic E-state index is 12.5. The van der Waals surface area contributed by atoms with E-state index in [1.165, 1.54) is 11.3 Å². The maximum atomic E-state index is 12.5. The fourth-order valence-electron chi connectivity index (χ4n) is 2.88. The van der Waals surface area contributed by atoms with E-state index in [0.717, 1.165) is 17.1 Å². The average Bonchev–Trinajstić information content (AvgIpc) is 3.32. The van der Waals surface area contributed by atoms with Crippen LogP contribution in [0.25, 0.3) is 0 Å². The van der Waals surface area contributed by atoms with Crippen LogP contribution in [0.3, 0.4) is 0 Å². The summed E-state index contributed by atoms with van der Waals surface area (Å²) in [5.41, 5.74) is 0.886. The summed E-state index contributed by atoms with van der Waals surface area (Å²) in [5, 5.41) is 12.6. The Labute approximate surface area is 149 Å². The first-order valence-corrected chi connectivity index (χ1v) is 8.86. The number of benzene rings is 1. The molecule has 8 heteroatoms. The number of aromatic nitrogens is 4. The third-order valence-corrected chi connectivity index (χ3v) is 5.58. The van der Waals surface area contributed by atoms with Crippen molar-refractivity contribution in [3.63, 3.8) is 0 Å². The summed E-state index contributed by atoms with van der Waals surface area (Å²) in [4.78, 5) is 18.3. The molecule has 0 spiro atoms. The molecule has 3 aromatic rings. The van der Waals surface area contributed by atoms with E-state index in [-0.39, 0.29) is 11.4 Å². The second-order valence-electron chi connectivity index (χ2n) is 6.41. The highest BCUT2D eigenvalue weighted by atomic mass is 32.1. The number of anilines is 2. The Bertz CT molecular complexity index is 901. The van der Waals surface area contributed by atoms with Gasteiger partial charge in [0, 0.05) is 30.9 Å². The number of hydrogen-bond acceptors (Lipinski definition) is 5. The molecular formula is C17H18N6OS. The zero-order chi connectivity index (χ0) is 17.4. The van der Waals surface area contributed by atoms with Crippen LogP contribution in [0.4, 0.5) is 15.9 Å². The first-order chi connectivity index (χ1) is 12.1. The number of imidazole rings is 1. The Balaban J connectivity index is 1.51. The molecule has 2 aromatic heterocycles. The molecule has 1 aromatic carbocycles. The zero-order valence-corrected chi connectivity index (χ0v) is 14.8. The summed E-state index contributed by atoms with van der Waals surface area (Å²) in [7, 11) is 0. The van der Waals surface area contributed by atoms with Gasteiger partial charge in [-0.25, -0.2) is 9.78 Å². The highest BCUT2D eigenvalue weighted by molar-refractivity contribution is 7.15. The number of fused-ring (bicyclic) bond motifs is 1. The van der Waals surface area contributed by atoms with Crippen LogP contribution in [-0.2, 0) is 12.0 Å². The molecule has 25 heavy (non-hydrogen) atoms. The van der Waals surface area contributed by atoms with Crippen LogP contribution in [0.5, 0.6) is 0 Å². The number of rotatable bonds is 3. The van der Waals surface area contributed by atoms with Gasteiger partial charge >= 0.3 is 6.03 Å². The molecular weight excluding hydrogens is 336 g/mol. The molecule has 2 amide bonds. The first kappa shape index (κ1) is 15.8. The Morgan fingerprint density at radius 3 is 2.80 bits per heavy atom. The number of hydrogen-bond donors (Lipinski definition) is 1. The van der Waals surface area contributed by atoms with E-state index in [2.05, 4.69) is 46.5 Å². The number of amides is 2. The molecule has 0 aliphatic carbocycles. The van der Waals surface area contributed by atoms with E-state index >= 15 is 0 Å². The molecule has 1 aliphatic rings. The summed E-state index contributed by atoms with van der Waals surface area (Å²) in [6.45, 7) is 5.57. The van der Waals surface area contributed by atoms with Gasteiger partial charge in [0.05, 0.1) is 0 Å². The van der Waals surface area contributed by atoms with E-state index < -0.39 is 0 Å². The summed E-state index contributed by atoms with van der Waals surface area (Å²) < 4.78 is 1.95. The quantitative estimate of drug-likeness (QED) is 0.784. The zero-order valence-electron chi connectivity index (χ0n) is 14.0. The van der Waals surface area contributed by atoms with Crippen LogP contribution in [0.15, 0.2) is 42.7 Å². The Hall–Kier alpha value is -2.74. The lowest BCUT2D eigenvalue weighted by atomic mass is 9.85. The fraction of sp³-hybridized carbons (Fsp3) is 0.294. The van der Waals surface area contributed by atoms with Crippen LogP contribution in [-0.4, -0.2) is 32.3 Å². The van der Waals surface area contributed by atoms with Crippen molar-refractivity contribution in [3.8, 4) is 0 Å². The third kappa shape index (κ3) is 2.78. The van der Waals surface area contributed by atoms with Gasteiger partial charge in [0.2, 0.25) is 11.1 Å². The molecule has 0 unspecified atom stereocenters. The summed E-state index contributed by atoms with van der Waals surface area (Å²) in [6.07, 6.45) is 3.56. The van der Waals surface area contributed by atoms with Gasteiger partial charge in [0.15, 0.2) is 0 Å². The maximum Gasteiger partial charge on any atom is 0.330 e. The van der Waals surface area contributed by atoms with Crippen LogP contribution < -0.4 is 10.2 Å². The van der Waals surface area contributed by atoms with E-state index in [0.29, 0.717) is 17.6 Å². The lowest BCUT2D eigenvalue weighted by Crippen LogP contribution is -2.33. The Kier molecular flexibility index (Phi) is 3.76. The van der Waals surface area contributed by atoms with Crippen LogP contribution in [0.2, 0.25) is 0 Å². The van der Waals surface area contributed by atoms with Gasteiger partial charge in [-0.15, -0.1) is 10.2 Å². The molecule has 0 fully saturated rings. The molecule has 0 bridgehead atoms. The lowest BCUT2D eigenvalue weighted by Gasteiger charge is -2.21. The largest absolute Gasteiger partial charge is 0.330 e. The van der Waals surface area contributed by atoms with Gasteiger partial charge in [-0.1, -0.05) is 41.7 Å². The van der Waals surface area contributed by atoms with Gasteiger partial charge in [-0.05, 0) is 19.4 Å². The second kappa shape index (κ2) is 5.96. The van der Waals surface area contributed by atoms with E-state index in [9.17, 15) is 4.79 Å². The SMILES string of the molecule is CC(C)(c1ccccc1)c1nnc(NC(=O)N2CCn3ccnc32)s1. The van der Waals surface area contributed by atoms with Crippen LogP contribution in [0.1, 0.15) is 24.4 Å². The summed E-state index contributed by atoms with van der Waals surface area (Å²) >= 11 is 1.40. The highest BCUT2D eigenvalue weighted by Crippen LogP contribution is 2.34. The fourth-order valence-corrected chi connectivity index (χ4v) is 3.74.